The monoisotopic (exact) mass is 326 g/mol. The van der Waals surface area contributed by atoms with Gasteiger partial charge in [-0.15, -0.1) is 0 Å². The molecule has 1 aromatic carbocycles. The Bertz CT molecular complexity index is 634. The lowest BCUT2D eigenvalue weighted by Gasteiger charge is -2.33. The van der Waals surface area contributed by atoms with E-state index in [9.17, 15) is 9.59 Å². The Labute approximate surface area is 143 Å². The van der Waals surface area contributed by atoms with Crippen LogP contribution in [0.15, 0.2) is 24.3 Å². The minimum atomic E-state index is -0.464. The number of amides is 2. The number of nitrogens with one attached hydrogen (secondary N) is 1. The van der Waals surface area contributed by atoms with Crippen molar-refractivity contribution in [2.24, 2.45) is 5.41 Å². The van der Waals surface area contributed by atoms with Gasteiger partial charge in [0.2, 0.25) is 5.91 Å². The number of nitrogens with zero attached hydrogens (tertiary/aromatic N) is 1. The van der Waals surface area contributed by atoms with E-state index in [1.54, 1.807) is 6.92 Å². The Morgan fingerprint density at radius 3 is 2.25 bits per heavy atom. The van der Waals surface area contributed by atoms with Gasteiger partial charge in [-0.05, 0) is 74.5 Å². The van der Waals surface area contributed by atoms with E-state index in [2.05, 4.69) is 5.32 Å². The molecule has 4 heteroatoms. The van der Waals surface area contributed by atoms with Crippen molar-refractivity contribution in [3.05, 3.63) is 35.4 Å². The van der Waals surface area contributed by atoms with E-state index in [0.717, 1.165) is 25.9 Å². The summed E-state index contributed by atoms with van der Waals surface area (Å²) in [6.45, 7) is 3.48. The minimum absolute atomic E-state index is 0.0495. The Morgan fingerprint density at radius 2 is 1.71 bits per heavy atom. The second-order valence-electron chi connectivity index (χ2n) is 7.92. The molecular weight excluding hydrogens is 300 g/mol. The summed E-state index contributed by atoms with van der Waals surface area (Å²) in [7, 11) is 0. The van der Waals surface area contributed by atoms with Crippen LogP contribution in [-0.4, -0.2) is 35.8 Å². The summed E-state index contributed by atoms with van der Waals surface area (Å²) >= 11 is 0. The highest BCUT2D eigenvalue weighted by molar-refractivity contribution is 5.97. The van der Waals surface area contributed by atoms with Crippen LogP contribution in [0, 0.1) is 5.41 Å². The van der Waals surface area contributed by atoms with Gasteiger partial charge in [0, 0.05) is 18.7 Å². The molecular formula is C20H26N2O2. The maximum Gasteiger partial charge on any atom is 0.251 e. The van der Waals surface area contributed by atoms with E-state index in [0.29, 0.717) is 16.9 Å². The summed E-state index contributed by atoms with van der Waals surface area (Å²) in [6, 6.07) is 7.36. The third kappa shape index (κ3) is 3.19. The molecule has 24 heavy (non-hydrogen) atoms. The van der Waals surface area contributed by atoms with Gasteiger partial charge in [0.25, 0.3) is 5.91 Å². The van der Waals surface area contributed by atoms with E-state index < -0.39 is 6.04 Å². The van der Waals surface area contributed by atoms with Gasteiger partial charge in [-0.25, -0.2) is 0 Å². The summed E-state index contributed by atoms with van der Waals surface area (Å²) < 4.78 is 0. The maximum atomic E-state index is 12.6. The van der Waals surface area contributed by atoms with Crippen LogP contribution in [0.5, 0.6) is 0 Å². The molecule has 1 aliphatic heterocycles. The lowest BCUT2D eigenvalue weighted by atomic mass is 9.93. The summed E-state index contributed by atoms with van der Waals surface area (Å²) in [5, 5.41) is 2.86. The average Bonchev–Trinajstić information content (AvgIpc) is 3.51. The molecule has 128 valence electrons. The predicted octanol–water partition coefficient (Wildman–Crippen LogP) is 3.08. The Kier molecular flexibility index (Phi) is 3.86. The number of benzene rings is 1. The van der Waals surface area contributed by atoms with Crippen LogP contribution in [0.2, 0.25) is 0 Å². The fraction of sp³-hybridized carbons (Fsp3) is 0.600. The van der Waals surface area contributed by atoms with Gasteiger partial charge in [-0.1, -0.05) is 12.1 Å². The molecule has 2 amide bonds. The second-order valence-corrected chi connectivity index (χ2v) is 7.92. The first-order valence-corrected chi connectivity index (χ1v) is 9.26. The fourth-order valence-electron chi connectivity index (χ4n) is 3.82. The van der Waals surface area contributed by atoms with Gasteiger partial charge in [-0.3, -0.25) is 9.59 Å². The van der Waals surface area contributed by atoms with Crippen LogP contribution < -0.4 is 5.32 Å². The minimum Gasteiger partial charge on any atom is -0.341 e. The number of piperidine rings is 1. The highest BCUT2D eigenvalue weighted by atomic mass is 16.2. The zero-order chi connectivity index (χ0) is 16.7. The predicted molar refractivity (Wildman–Crippen MR) is 92.8 cm³/mol. The van der Waals surface area contributed by atoms with Crippen LogP contribution >= 0.6 is 0 Å². The molecule has 2 saturated carbocycles. The third-order valence-corrected chi connectivity index (χ3v) is 6.03. The first-order valence-electron chi connectivity index (χ1n) is 9.26. The number of carbonyl (C=O) groups excluding carboxylic acids is 2. The quantitative estimate of drug-likeness (QED) is 0.924. The van der Waals surface area contributed by atoms with Crippen LogP contribution in [0.4, 0.5) is 0 Å². The molecule has 1 spiro atoms. The first-order chi connectivity index (χ1) is 11.6. The van der Waals surface area contributed by atoms with Gasteiger partial charge < -0.3 is 10.2 Å². The van der Waals surface area contributed by atoms with Crippen molar-refractivity contribution in [2.75, 3.05) is 13.1 Å². The van der Waals surface area contributed by atoms with E-state index in [1.165, 1.54) is 31.2 Å². The Balaban J connectivity index is 1.31. The Hall–Kier alpha value is -1.84. The molecule has 4 nitrogen and oxygen atoms in total. The van der Waals surface area contributed by atoms with Gasteiger partial charge in [0.15, 0.2) is 0 Å². The van der Waals surface area contributed by atoms with E-state index in [1.807, 2.05) is 29.2 Å². The molecule has 1 N–H and O–H groups in total. The van der Waals surface area contributed by atoms with Gasteiger partial charge >= 0.3 is 0 Å². The molecule has 0 aromatic heterocycles. The maximum absolute atomic E-state index is 12.6. The van der Waals surface area contributed by atoms with Crippen LogP contribution in [0.1, 0.15) is 67.3 Å². The average molecular weight is 326 g/mol. The lowest BCUT2D eigenvalue weighted by molar-refractivity contribution is -0.134. The molecule has 0 radical (unpaired) electrons. The molecule has 0 bridgehead atoms. The van der Waals surface area contributed by atoms with Crippen molar-refractivity contribution in [1.29, 1.82) is 0 Å². The van der Waals surface area contributed by atoms with Gasteiger partial charge in [0.05, 0.1) is 0 Å². The SMILES string of the molecule is C[C@@H](NC(=O)c1ccc(C2CC2)cc1)C(=O)N1CCC2(CC1)CC2. The molecule has 3 fully saturated rings. The normalized spacial score (nSPS) is 23.0. The number of hydrogen-bond donors (Lipinski definition) is 1. The summed E-state index contributed by atoms with van der Waals surface area (Å²) in [5.41, 5.74) is 2.51. The zero-order valence-corrected chi connectivity index (χ0v) is 14.4. The largest absolute Gasteiger partial charge is 0.341 e. The molecule has 1 heterocycles. The van der Waals surface area contributed by atoms with E-state index in [4.69, 9.17) is 0 Å². The second kappa shape index (κ2) is 5.91. The van der Waals surface area contributed by atoms with Crippen molar-refractivity contribution >= 4 is 11.8 Å². The number of carbonyl (C=O) groups is 2. The summed E-state index contributed by atoms with van der Waals surface area (Å²) in [6.07, 6.45) is 7.43. The van der Waals surface area contributed by atoms with Crippen molar-refractivity contribution in [3.8, 4) is 0 Å². The number of hydrogen-bond acceptors (Lipinski definition) is 2. The van der Waals surface area contributed by atoms with Gasteiger partial charge in [-0.2, -0.15) is 0 Å². The molecule has 2 aliphatic carbocycles. The van der Waals surface area contributed by atoms with Crippen molar-refractivity contribution in [2.45, 2.75) is 57.4 Å². The highest BCUT2D eigenvalue weighted by Crippen LogP contribution is 2.53. The highest BCUT2D eigenvalue weighted by Gasteiger charge is 2.45. The standard InChI is InChI=1S/C20H26N2O2/c1-14(19(24)22-12-10-20(8-9-20)11-13-22)21-18(23)17-6-4-16(5-7-17)15-2-3-15/h4-7,14-15H,2-3,8-13H2,1H3,(H,21,23)/t14-/m1/s1. The number of rotatable bonds is 4. The molecule has 1 saturated heterocycles. The lowest BCUT2D eigenvalue weighted by Crippen LogP contribution is -2.49. The van der Waals surface area contributed by atoms with Crippen molar-refractivity contribution < 1.29 is 9.59 Å². The fourth-order valence-corrected chi connectivity index (χ4v) is 3.82. The zero-order valence-electron chi connectivity index (χ0n) is 14.4. The van der Waals surface area contributed by atoms with Crippen molar-refractivity contribution in [3.63, 3.8) is 0 Å². The smallest absolute Gasteiger partial charge is 0.251 e. The molecule has 4 rings (SSSR count). The molecule has 1 atom stereocenters. The molecule has 1 aromatic rings. The number of likely N-dealkylation sites (tertiary alicyclic amines) is 1. The van der Waals surface area contributed by atoms with Gasteiger partial charge in [0.1, 0.15) is 6.04 Å². The van der Waals surface area contributed by atoms with Crippen LogP contribution in [0.3, 0.4) is 0 Å². The van der Waals surface area contributed by atoms with Crippen LogP contribution in [0.25, 0.3) is 0 Å². The summed E-state index contributed by atoms with van der Waals surface area (Å²) in [4.78, 5) is 26.9. The topological polar surface area (TPSA) is 49.4 Å². The summed E-state index contributed by atoms with van der Waals surface area (Å²) in [5.74, 6) is 0.582. The molecule has 3 aliphatic rings. The van der Waals surface area contributed by atoms with E-state index in [-0.39, 0.29) is 11.8 Å². The van der Waals surface area contributed by atoms with Crippen LogP contribution in [-0.2, 0) is 4.79 Å². The Morgan fingerprint density at radius 1 is 1.08 bits per heavy atom. The third-order valence-electron chi connectivity index (χ3n) is 6.03. The van der Waals surface area contributed by atoms with Crippen molar-refractivity contribution in [1.82, 2.24) is 10.2 Å². The van der Waals surface area contributed by atoms with E-state index >= 15 is 0 Å². The molecule has 0 unspecified atom stereocenters. The first kappa shape index (κ1) is 15.7.